The Morgan fingerprint density at radius 2 is 2.00 bits per heavy atom. The van der Waals surface area contributed by atoms with Crippen LogP contribution in [0.3, 0.4) is 0 Å². The van der Waals surface area contributed by atoms with Gasteiger partial charge in [-0.3, -0.25) is 0 Å². The molecule has 2 aromatic rings. The lowest BCUT2D eigenvalue weighted by Gasteiger charge is -2.14. The summed E-state index contributed by atoms with van der Waals surface area (Å²) in [7, 11) is -2.03. The maximum atomic E-state index is 11.9. The monoisotopic (exact) mass is 337 g/mol. The Kier molecular flexibility index (Phi) is 5.56. The molecule has 1 aromatic heterocycles. The van der Waals surface area contributed by atoms with Gasteiger partial charge in [0.1, 0.15) is 6.26 Å². The van der Waals surface area contributed by atoms with Gasteiger partial charge in [0, 0.05) is 18.5 Å². The topological polar surface area (TPSA) is 84.2 Å². The summed E-state index contributed by atoms with van der Waals surface area (Å²) in [6, 6.07) is 6.88. The third-order valence-corrected chi connectivity index (χ3v) is 5.00. The van der Waals surface area contributed by atoms with E-state index in [1.807, 2.05) is 26.8 Å². The van der Waals surface area contributed by atoms with Crippen molar-refractivity contribution >= 4 is 10.0 Å². The zero-order valence-corrected chi connectivity index (χ0v) is 14.6. The second-order valence-corrected chi connectivity index (χ2v) is 7.60. The molecule has 0 fully saturated rings. The largest absolute Gasteiger partial charge is 0.448 e. The van der Waals surface area contributed by atoms with E-state index in [9.17, 15) is 8.42 Å². The highest BCUT2D eigenvalue weighted by Gasteiger charge is 2.14. The summed E-state index contributed by atoms with van der Waals surface area (Å²) in [5.74, 6) is 0.973. The maximum absolute atomic E-state index is 11.9. The molecule has 126 valence electrons. The van der Waals surface area contributed by atoms with E-state index in [1.54, 1.807) is 24.5 Å². The highest BCUT2D eigenvalue weighted by Crippen LogP contribution is 2.18. The van der Waals surface area contributed by atoms with Crippen LogP contribution < -0.4 is 10.0 Å². The predicted molar refractivity (Wildman–Crippen MR) is 88.5 cm³/mol. The molecular formula is C16H23N3O3S. The molecular weight excluding hydrogens is 314 g/mol. The first-order valence-corrected chi connectivity index (χ1v) is 9.03. The average molecular weight is 337 g/mol. The number of rotatable bonds is 7. The highest BCUT2D eigenvalue weighted by atomic mass is 32.2. The number of nitrogens with one attached hydrogen (secondary N) is 2. The van der Waals surface area contributed by atoms with Crippen molar-refractivity contribution in [2.45, 2.75) is 44.2 Å². The van der Waals surface area contributed by atoms with Crippen LogP contribution in [0.1, 0.15) is 49.9 Å². The normalized spacial score (nSPS) is 13.4. The molecule has 0 radical (unpaired) electrons. The molecule has 0 spiro atoms. The summed E-state index contributed by atoms with van der Waals surface area (Å²) < 4.78 is 31.5. The fourth-order valence-corrected chi connectivity index (χ4v) is 2.90. The lowest BCUT2D eigenvalue weighted by atomic mass is 10.1. The predicted octanol–water partition coefficient (Wildman–Crippen LogP) is 2.56. The highest BCUT2D eigenvalue weighted by molar-refractivity contribution is 7.89. The van der Waals surface area contributed by atoms with Crippen molar-refractivity contribution in [3.05, 3.63) is 47.7 Å². The van der Waals surface area contributed by atoms with Crippen molar-refractivity contribution in [3.63, 3.8) is 0 Å². The van der Waals surface area contributed by atoms with Gasteiger partial charge < -0.3 is 9.73 Å². The Labute approximate surface area is 137 Å². The molecule has 0 aliphatic rings. The van der Waals surface area contributed by atoms with E-state index in [0.29, 0.717) is 6.54 Å². The third-order valence-electron chi connectivity index (χ3n) is 3.59. The molecule has 1 atom stereocenters. The van der Waals surface area contributed by atoms with Crippen LogP contribution in [0.25, 0.3) is 0 Å². The fourth-order valence-electron chi connectivity index (χ4n) is 2.11. The second-order valence-electron chi connectivity index (χ2n) is 5.71. The van der Waals surface area contributed by atoms with Crippen molar-refractivity contribution in [2.75, 3.05) is 7.05 Å². The molecule has 0 aliphatic carbocycles. The number of sulfonamides is 1. The Bertz CT molecular complexity index is 753. The molecule has 0 saturated carbocycles. The van der Waals surface area contributed by atoms with Crippen LogP contribution in [-0.4, -0.2) is 20.4 Å². The molecule has 0 aliphatic heterocycles. The summed E-state index contributed by atoms with van der Waals surface area (Å²) in [5.41, 5.74) is 1.73. The van der Waals surface area contributed by atoms with Crippen LogP contribution in [0.5, 0.6) is 0 Å². The quantitative estimate of drug-likeness (QED) is 0.811. The lowest BCUT2D eigenvalue weighted by molar-refractivity contribution is 0.470. The zero-order chi connectivity index (χ0) is 17.0. The molecule has 1 unspecified atom stereocenters. The first-order valence-electron chi connectivity index (χ1n) is 7.54. The van der Waals surface area contributed by atoms with Gasteiger partial charge in [-0.25, -0.2) is 18.1 Å². The molecule has 0 saturated heterocycles. The summed E-state index contributed by atoms with van der Waals surface area (Å²) in [6.45, 7) is 6.59. The number of nitrogens with zero attached hydrogens (tertiary/aromatic N) is 1. The maximum Gasteiger partial charge on any atom is 0.240 e. The third kappa shape index (κ3) is 4.40. The van der Waals surface area contributed by atoms with Crippen LogP contribution in [0, 0.1) is 0 Å². The van der Waals surface area contributed by atoms with Crippen LogP contribution in [0.2, 0.25) is 0 Å². The van der Waals surface area contributed by atoms with E-state index in [1.165, 1.54) is 7.05 Å². The summed E-state index contributed by atoms with van der Waals surface area (Å²) in [6.07, 6.45) is 1.65. The van der Waals surface area contributed by atoms with E-state index in [2.05, 4.69) is 15.0 Å². The minimum atomic E-state index is -3.43. The van der Waals surface area contributed by atoms with Crippen molar-refractivity contribution in [3.8, 4) is 0 Å². The van der Waals surface area contributed by atoms with Crippen molar-refractivity contribution in [1.29, 1.82) is 0 Å². The zero-order valence-electron chi connectivity index (χ0n) is 13.8. The Morgan fingerprint density at radius 1 is 1.26 bits per heavy atom. The van der Waals surface area contributed by atoms with Gasteiger partial charge in [0.15, 0.2) is 5.89 Å². The van der Waals surface area contributed by atoms with Crippen molar-refractivity contribution < 1.29 is 12.8 Å². The van der Waals surface area contributed by atoms with Crippen molar-refractivity contribution in [1.82, 2.24) is 15.0 Å². The van der Waals surface area contributed by atoms with Gasteiger partial charge in [-0.2, -0.15) is 0 Å². The van der Waals surface area contributed by atoms with E-state index >= 15 is 0 Å². The van der Waals surface area contributed by atoms with E-state index in [4.69, 9.17) is 4.42 Å². The van der Waals surface area contributed by atoms with Gasteiger partial charge in [0.2, 0.25) is 10.0 Å². The summed E-state index contributed by atoms with van der Waals surface area (Å²) in [5, 5.41) is 3.33. The second kappa shape index (κ2) is 7.25. The van der Waals surface area contributed by atoms with Crippen LogP contribution in [0.4, 0.5) is 0 Å². The smallest absolute Gasteiger partial charge is 0.240 e. The fraction of sp³-hybridized carbons (Fsp3) is 0.438. The first-order chi connectivity index (χ1) is 10.8. The van der Waals surface area contributed by atoms with E-state index < -0.39 is 10.0 Å². The van der Waals surface area contributed by atoms with E-state index in [-0.39, 0.29) is 16.9 Å². The molecule has 6 nitrogen and oxygen atoms in total. The van der Waals surface area contributed by atoms with Gasteiger partial charge in [-0.15, -0.1) is 0 Å². The molecule has 23 heavy (non-hydrogen) atoms. The Balaban J connectivity index is 2.05. The Hall–Kier alpha value is -1.70. The minimum Gasteiger partial charge on any atom is -0.448 e. The lowest BCUT2D eigenvalue weighted by Crippen LogP contribution is -2.21. The van der Waals surface area contributed by atoms with Gasteiger partial charge in [-0.05, 0) is 31.7 Å². The summed E-state index contributed by atoms with van der Waals surface area (Å²) in [4.78, 5) is 4.67. The van der Waals surface area contributed by atoms with Gasteiger partial charge in [0.25, 0.3) is 0 Å². The van der Waals surface area contributed by atoms with Gasteiger partial charge >= 0.3 is 0 Å². The Morgan fingerprint density at radius 3 is 2.61 bits per heavy atom. The molecule has 7 heteroatoms. The number of hydrogen-bond acceptors (Lipinski definition) is 5. The molecule has 0 amide bonds. The average Bonchev–Trinajstić information content (AvgIpc) is 3.02. The minimum absolute atomic E-state index is 0.0128. The molecule has 2 rings (SSSR count). The number of benzene rings is 1. The SMILES string of the molecule is CNS(=O)(=O)c1cccc(C(C)NCc2coc(C(C)C)n2)c1. The van der Waals surface area contributed by atoms with Gasteiger partial charge in [-0.1, -0.05) is 26.0 Å². The van der Waals surface area contributed by atoms with Crippen molar-refractivity contribution in [2.24, 2.45) is 0 Å². The molecule has 1 heterocycles. The first kappa shape index (κ1) is 17.7. The molecule has 2 N–H and O–H groups in total. The van der Waals surface area contributed by atoms with Crippen LogP contribution >= 0.6 is 0 Å². The number of aromatic nitrogens is 1. The molecule has 1 aromatic carbocycles. The molecule has 0 bridgehead atoms. The van der Waals surface area contributed by atoms with Gasteiger partial charge in [0.05, 0.1) is 10.6 Å². The van der Waals surface area contributed by atoms with Crippen LogP contribution in [-0.2, 0) is 16.6 Å². The van der Waals surface area contributed by atoms with Crippen LogP contribution in [0.15, 0.2) is 39.8 Å². The number of oxazole rings is 1. The number of hydrogen-bond donors (Lipinski definition) is 2. The standard InChI is InChI=1S/C16H23N3O3S/c1-11(2)16-19-14(10-22-16)9-18-12(3)13-6-5-7-15(8-13)23(20,21)17-4/h5-8,10-12,17-18H,9H2,1-4H3. The summed E-state index contributed by atoms with van der Waals surface area (Å²) >= 11 is 0. The van der Waals surface area contributed by atoms with E-state index in [0.717, 1.165) is 17.1 Å².